The van der Waals surface area contributed by atoms with Gasteiger partial charge in [-0.25, -0.2) is 4.39 Å². The highest BCUT2D eigenvalue weighted by atomic mass is 127. The van der Waals surface area contributed by atoms with Crippen LogP contribution in [0, 0.1) is 16.3 Å². The molecule has 0 spiro atoms. The minimum Gasteiger partial charge on any atom is -0.384 e. The first-order valence-electron chi connectivity index (χ1n) is 4.76. The highest BCUT2D eigenvalue weighted by molar-refractivity contribution is 14.1. The molecule has 4 heteroatoms. The van der Waals surface area contributed by atoms with Crippen molar-refractivity contribution in [2.75, 3.05) is 0 Å². The molecule has 0 aliphatic carbocycles. The van der Waals surface area contributed by atoms with E-state index in [2.05, 4.69) is 0 Å². The van der Waals surface area contributed by atoms with E-state index in [9.17, 15) is 9.50 Å². The van der Waals surface area contributed by atoms with E-state index in [0.29, 0.717) is 0 Å². The summed E-state index contributed by atoms with van der Waals surface area (Å²) in [6.07, 6.45) is -0.668. The van der Waals surface area contributed by atoms with Crippen molar-refractivity contribution in [3.05, 3.63) is 55.0 Å². The van der Waals surface area contributed by atoms with Gasteiger partial charge in [0.1, 0.15) is 11.9 Å². The number of thiophene rings is 1. The highest BCUT2D eigenvalue weighted by Gasteiger charge is 2.16. The molecule has 0 fully saturated rings. The summed E-state index contributed by atoms with van der Waals surface area (Å²) < 4.78 is 13.7. The van der Waals surface area contributed by atoms with E-state index in [4.69, 9.17) is 0 Å². The van der Waals surface area contributed by atoms with E-state index in [0.717, 1.165) is 19.6 Å². The normalized spacial score (nSPS) is 12.8. The predicted octanol–water partition coefficient (Wildman–Crippen LogP) is 3.88. The summed E-state index contributed by atoms with van der Waals surface area (Å²) in [5, 5.41) is 12.2. The van der Waals surface area contributed by atoms with Crippen molar-refractivity contribution in [1.82, 2.24) is 0 Å². The van der Waals surface area contributed by atoms with Crippen LogP contribution in [0.15, 0.2) is 29.6 Å². The summed E-state index contributed by atoms with van der Waals surface area (Å²) in [7, 11) is 0. The Morgan fingerprint density at radius 1 is 1.31 bits per heavy atom. The van der Waals surface area contributed by atoms with Crippen molar-refractivity contribution in [1.29, 1.82) is 0 Å². The number of hydrogen-bond acceptors (Lipinski definition) is 2. The molecule has 0 aliphatic rings. The fraction of sp³-hybridized carbons (Fsp3) is 0.167. The molecule has 0 bridgehead atoms. The van der Waals surface area contributed by atoms with Gasteiger partial charge >= 0.3 is 0 Å². The monoisotopic (exact) mass is 348 g/mol. The molecular weight excluding hydrogens is 338 g/mol. The van der Waals surface area contributed by atoms with Gasteiger partial charge in [-0.2, -0.15) is 0 Å². The number of aliphatic hydroxyl groups is 1. The molecule has 0 amide bonds. The van der Waals surface area contributed by atoms with E-state index in [1.54, 1.807) is 17.4 Å². The lowest BCUT2D eigenvalue weighted by molar-refractivity contribution is 0.219. The van der Waals surface area contributed by atoms with E-state index in [-0.39, 0.29) is 5.82 Å². The standard InChI is InChI=1S/C12H10FIOS/c1-7-9(4-5-16-7)12(15)10-3-2-8(13)6-11(10)14/h2-6,12,15H,1H3. The van der Waals surface area contributed by atoms with E-state index in [1.807, 2.05) is 41.0 Å². The Kier molecular flexibility index (Phi) is 3.61. The maximum Gasteiger partial charge on any atom is 0.124 e. The van der Waals surface area contributed by atoms with Crippen LogP contribution >= 0.6 is 33.9 Å². The molecule has 0 aliphatic heterocycles. The van der Waals surface area contributed by atoms with Gasteiger partial charge in [0.25, 0.3) is 0 Å². The van der Waals surface area contributed by atoms with Gasteiger partial charge < -0.3 is 5.11 Å². The topological polar surface area (TPSA) is 20.2 Å². The molecule has 1 nitrogen and oxygen atoms in total. The van der Waals surface area contributed by atoms with Gasteiger partial charge in [-0.05, 0) is 64.2 Å². The highest BCUT2D eigenvalue weighted by Crippen LogP contribution is 2.30. The van der Waals surface area contributed by atoms with Crippen molar-refractivity contribution >= 4 is 33.9 Å². The molecule has 0 saturated carbocycles. The van der Waals surface area contributed by atoms with Crippen LogP contribution in [-0.4, -0.2) is 5.11 Å². The van der Waals surface area contributed by atoms with Crippen molar-refractivity contribution < 1.29 is 9.50 Å². The molecule has 0 radical (unpaired) electrons. The molecule has 0 saturated heterocycles. The van der Waals surface area contributed by atoms with Gasteiger partial charge in [-0.3, -0.25) is 0 Å². The number of rotatable bonds is 2. The van der Waals surface area contributed by atoms with Crippen molar-refractivity contribution in [3.8, 4) is 0 Å². The van der Waals surface area contributed by atoms with Crippen LogP contribution in [0.25, 0.3) is 0 Å². The maximum atomic E-state index is 12.9. The smallest absolute Gasteiger partial charge is 0.124 e. The summed E-state index contributed by atoms with van der Waals surface area (Å²) in [6, 6.07) is 6.35. The third-order valence-electron chi connectivity index (χ3n) is 2.45. The lowest BCUT2D eigenvalue weighted by atomic mass is 10.0. The molecule has 1 aromatic carbocycles. The molecule has 2 aromatic rings. The Labute approximate surface area is 111 Å². The van der Waals surface area contributed by atoms with Gasteiger partial charge in [0.05, 0.1) is 0 Å². The summed E-state index contributed by atoms with van der Waals surface area (Å²) in [5.41, 5.74) is 1.65. The zero-order valence-electron chi connectivity index (χ0n) is 8.58. The van der Waals surface area contributed by atoms with Gasteiger partial charge in [0.2, 0.25) is 0 Å². The summed E-state index contributed by atoms with van der Waals surface area (Å²) in [5.74, 6) is -0.276. The van der Waals surface area contributed by atoms with Gasteiger partial charge in [-0.1, -0.05) is 6.07 Å². The van der Waals surface area contributed by atoms with Crippen LogP contribution in [0.2, 0.25) is 0 Å². The Morgan fingerprint density at radius 3 is 2.62 bits per heavy atom. The molecule has 1 atom stereocenters. The summed E-state index contributed by atoms with van der Waals surface area (Å²) in [6.45, 7) is 1.97. The Balaban J connectivity index is 2.41. The minimum atomic E-state index is -0.668. The molecule has 2 rings (SSSR count). The summed E-state index contributed by atoms with van der Waals surface area (Å²) >= 11 is 3.64. The van der Waals surface area contributed by atoms with Gasteiger partial charge in [0, 0.05) is 8.45 Å². The second-order valence-corrected chi connectivity index (χ2v) is 5.78. The Morgan fingerprint density at radius 2 is 2.06 bits per heavy atom. The van der Waals surface area contributed by atoms with Crippen LogP contribution in [-0.2, 0) is 0 Å². The quantitative estimate of drug-likeness (QED) is 0.817. The number of aryl methyl sites for hydroxylation is 1. The number of benzene rings is 1. The third-order valence-corrected chi connectivity index (χ3v) is 4.25. The fourth-order valence-electron chi connectivity index (χ4n) is 1.57. The van der Waals surface area contributed by atoms with Gasteiger partial charge in [-0.15, -0.1) is 11.3 Å². The second kappa shape index (κ2) is 4.81. The average molecular weight is 348 g/mol. The molecule has 16 heavy (non-hydrogen) atoms. The zero-order valence-corrected chi connectivity index (χ0v) is 11.5. The second-order valence-electron chi connectivity index (χ2n) is 3.50. The lowest BCUT2D eigenvalue weighted by Gasteiger charge is -2.12. The maximum absolute atomic E-state index is 12.9. The lowest BCUT2D eigenvalue weighted by Crippen LogP contribution is -2.02. The molecule has 1 unspecified atom stereocenters. The molecule has 84 valence electrons. The number of halogens is 2. The number of aliphatic hydroxyl groups excluding tert-OH is 1. The van der Waals surface area contributed by atoms with Crippen molar-refractivity contribution in [2.24, 2.45) is 0 Å². The Bertz CT molecular complexity index is 509. The minimum absolute atomic E-state index is 0.276. The third kappa shape index (κ3) is 2.28. The molecular formula is C12H10FIOS. The van der Waals surface area contributed by atoms with Gasteiger partial charge in [0.15, 0.2) is 0 Å². The van der Waals surface area contributed by atoms with Crippen LogP contribution in [0.1, 0.15) is 22.1 Å². The van der Waals surface area contributed by atoms with E-state index < -0.39 is 6.10 Å². The molecule has 1 N–H and O–H groups in total. The van der Waals surface area contributed by atoms with Crippen LogP contribution in [0.3, 0.4) is 0 Å². The van der Waals surface area contributed by atoms with Crippen LogP contribution in [0.5, 0.6) is 0 Å². The Hall–Kier alpha value is -0.460. The zero-order chi connectivity index (χ0) is 11.7. The van der Waals surface area contributed by atoms with E-state index >= 15 is 0 Å². The molecule has 1 aromatic heterocycles. The summed E-state index contributed by atoms with van der Waals surface area (Å²) in [4.78, 5) is 1.09. The van der Waals surface area contributed by atoms with E-state index in [1.165, 1.54) is 12.1 Å². The molecule has 1 heterocycles. The predicted molar refractivity (Wildman–Crippen MR) is 72.2 cm³/mol. The average Bonchev–Trinajstić information content (AvgIpc) is 2.63. The van der Waals surface area contributed by atoms with Crippen molar-refractivity contribution in [2.45, 2.75) is 13.0 Å². The first-order chi connectivity index (χ1) is 7.59. The largest absolute Gasteiger partial charge is 0.384 e. The van der Waals surface area contributed by atoms with Crippen LogP contribution < -0.4 is 0 Å². The fourth-order valence-corrected chi connectivity index (χ4v) is 3.08. The van der Waals surface area contributed by atoms with Crippen LogP contribution in [0.4, 0.5) is 4.39 Å². The first kappa shape index (κ1) is 12.0. The SMILES string of the molecule is Cc1sccc1C(O)c1ccc(F)cc1I. The number of hydrogen-bond donors (Lipinski definition) is 1. The first-order valence-corrected chi connectivity index (χ1v) is 6.72. The van der Waals surface area contributed by atoms with Crippen molar-refractivity contribution in [3.63, 3.8) is 0 Å².